The van der Waals surface area contributed by atoms with Gasteiger partial charge in [0, 0.05) is 11.7 Å². The van der Waals surface area contributed by atoms with Crippen LogP contribution in [-0.4, -0.2) is 64.4 Å². The van der Waals surface area contributed by atoms with Crippen molar-refractivity contribution in [3.8, 4) is 11.5 Å². The van der Waals surface area contributed by atoms with Crippen LogP contribution >= 0.6 is 0 Å². The summed E-state index contributed by atoms with van der Waals surface area (Å²) in [5.74, 6) is -0.674. The summed E-state index contributed by atoms with van der Waals surface area (Å²) >= 11 is 0. The third-order valence-electron chi connectivity index (χ3n) is 6.42. The van der Waals surface area contributed by atoms with Crippen LogP contribution in [0.1, 0.15) is 47.5 Å². The third-order valence-corrected chi connectivity index (χ3v) is 6.42. The summed E-state index contributed by atoms with van der Waals surface area (Å²) in [6.07, 6.45) is 2.00. The Bertz CT molecular complexity index is 840. The fourth-order valence-electron chi connectivity index (χ4n) is 4.71. The minimum absolute atomic E-state index is 0.0338. The number of likely N-dealkylation sites (tertiary alicyclic amines) is 1. The summed E-state index contributed by atoms with van der Waals surface area (Å²) in [6.45, 7) is 0.797. The zero-order valence-electron chi connectivity index (χ0n) is 15.3. The van der Waals surface area contributed by atoms with E-state index in [4.69, 9.17) is 9.39 Å². The van der Waals surface area contributed by atoms with Gasteiger partial charge in [0.25, 0.3) is 0 Å². The van der Waals surface area contributed by atoms with Crippen LogP contribution in [0, 0.1) is 5.92 Å². The van der Waals surface area contributed by atoms with Gasteiger partial charge in [-0.25, -0.2) is 4.79 Å². The highest BCUT2D eigenvalue weighted by Gasteiger charge is 2.54. The molecule has 2 saturated carbocycles. The summed E-state index contributed by atoms with van der Waals surface area (Å²) in [6, 6.07) is 3.46. The van der Waals surface area contributed by atoms with Gasteiger partial charge >= 0.3 is 13.1 Å². The van der Waals surface area contributed by atoms with E-state index in [1.165, 1.54) is 0 Å². The Morgan fingerprint density at radius 1 is 1.21 bits per heavy atom. The predicted octanol–water partition coefficient (Wildman–Crippen LogP) is 0.866. The fraction of sp³-hybridized carbons (Fsp3) is 0.579. The van der Waals surface area contributed by atoms with Gasteiger partial charge in [-0.3, -0.25) is 4.79 Å². The molecule has 0 unspecified atom stereocenters. The van der Waals surface area contributed by atoms with E-state index in [1.807, 2.05) is 6.07 Å². The topological polar surface area (TPSA) is 117 Å². The van der Waals surface area contributed by atoms with E-state index in [-0.39, 0.29) is 46.7 Å². The maximum atomic E-state index is 12.4. The number of amides is 1. The van der Waals surface area contributed by atoms with Gasteiger partial charge in [0.2, 0.25) is 5.91 Å². The van der Waals surface area contributed by atoms with Crippen LogP contribution in [0.15, 0.2) is 12.1 Å². The van der Waals surface area contributed by atoms with E-state index in [2.05, 4.69) is 0 Å². The van der Waals surface area contributed by atoms with Crippen molar-refractivity contribution >= 4 is 19.0 Å². The number of nitrogens with zero attached hydrogens (tertiary/aromatic N) is 1. The first kappa shape index (κ1) is 17.8. The number of fused-ring (bicyclic) bond motifs is 3. The second-order valence-corrected chi connectivity index (χ2v) is 8.32. The highest BCUT2D eigenvalue weighted by molar-refractivity contribution is 6.48. The minimum atomic E-state index is -1.16. The molecule has 3 N–H and O–H groups in total. The van der Waals surface area contributed by atoms with E-state index in [9.17, 15) is 24.8 Å². The lowest BCUT2D eigenvalue weighted by Crippen LogP contribution is -2.57. The van der Waals surface area contributed by atoms with Crippen LogP contribution < -0.4 is 9.39 Å². The van der Waals surface area contributed by atoms with Gasteiger partial charge in [-0.2, -0.15) is 0 Å². The number of aliphatic hydroxyl groups is 1. The zero-order chi connectivity index (χ0) is 19.6. The molecule has 2 aliphatic carbocycles. The van der Waals surface area contributed by atoms with Crippen molar-refractivity contribution in [1.82, 2.24) is 4.90 Å². The Balaban J connectivity index is 1.28. The minimum Gasteiger partial charge on any atom is -0.535 e. The van der Waals surface area contributed by atoms with Crippen LogP contribution in [-0.2, 0) is 4.79 Å². The van der Waals surface area contributed by atoms with E-state index < -0.39 is 19.2 Å². The summed E-state index contributed by atoms with van der Waals surface area (Å²) < 4.78 is 11.4. The number of ether oxygens (including phenoxy) is 1. The van der Waals surface area contributed by atoms with E-state index in [0.717, 1.165) is 12.0 Å². The number of benzene rings is 1. The average Bonchev–Trinajstić information content (AvgIpc) is 3.31. The molecule has 0 bridgehead atoms. The molecule has 1 saturated heterocycles. The first-order valence-electron chi connectivity index (χ1n) is 9.80. The second-order valence-electron chi connectivity index (χ2n) is 8.32. The number of carboxylic acid groups (broad SMARTS) is 1. The van der Waals surface area contributed by atoms with Crippen molar-refractivity contribution in [3.63, 3.8) is 0 Å². The number of carboxylic acids is 1. The predicted molar refractivity (Wildman–Crippen MR) is 97.5 cm³/mol. The molecule has 4 atom stereocenters. The summed E-state index contributed by atoms with van der Waals surface area (Å²) in [5.41, 5.74) is 0.746. The van der Waals surface area contributed by atoms with Gasteiger partial charge in [0.05, 0.1) is 19.2 Å². The molecule has 1 aromatic rings. The van der Waals surface area contributed by atoms with E-state index in [0.29, 0.717) is 32.4 Å². The first-order valence-corrected chi connectivity index (χ1v) is 9.80. The number of hydrogen-bond donors (Lipinski definition) is 3. The van der Waals surface area contributed by atoms with Crippen LogP contribution in [0.3, 0.4) is 0 Å². The smallest absolute Gasteiger partial charge is 0.526 e. The Labute approximate surface area is 162 Å². The number of aromatic carboxylic acids is 1. The van der Waals surface area contributed by atoms with E-state index in [1.54, 1.807) is 11.0 Å². The van der Waals surface area contributed by atoms with Crippen LogP contribution in [0.25, 0.3) is 0 Å². The fourth-order valence-corrected chi connectivity index (χ4v) is 4.71. The Morgan fingerprint density at radius 3 is 2.68 bits per heavy atom. The van der Waals surface area contributed by atoms with E-state index >= 15 is 0 Å². The Hall–Kier alpha value is -2.26. The molecule has 0 aromatic heterocycles. The zero-order valence-corrected chi connectivity index (χ0v) is 15.3. The molecule has 5 rings (SSSR count). The van der Waals surface area contributed by atoms with Crippen molar-refractivity contribution in [3.05, 3.63) is 23.3 Å². The number of hydrogen-bond acceptors (Lipinski definition) is 6. The maximum absolute atomic E-state index is 12.4. The molecule has 148 valence electrons. The molecular formula is C19H22BNO7. The first-order chi connectivity index (χ1) is 13.4. The third kappa shape index (κ3) is 2.84. The molecule has 28 heavy (non-hydrogen) atoms. The molecule has 2 heterocycles. The second kappa shape index (κ2) is 6.38. The van der Waals surface area contributed by atoms with Gasteiger partial charge in [0.15, 0.2) is 0 Å². The largest absolute Gasteiger partial charge is 0.535 e. The standard InChI is InChI=1S/C19H22BNO7/c22-10-2-1-9(5-10)18(23)21-7-11(8-21)27-15-4-3-12-13-6-14(13)20(26)28-17(12)16(15)19(24)25/h3-4,9-11,13-14,22,26H,1-2,5-8H2,(H,24,25)/t9-,10-,13-,14-/m0/s1. The lowest BCUT2D eigenvalue weighted by molar-refractivity contribution is -0.144. The van der Waals surface area contributed by atoms with Crippen LogP contribution in [0.2, 0.25) is 5.82 Å². The van der Waals surface area contributed by atoms with Crippen molar-refractivity contribution in [2.75, 3.05) is 13.1 Å². The Morgan fingerprint density at radius 2 is 2.00 bits per heavy atom. The molecule has 1 amide bonds. The molecule has 3 fully saturated rings. The van der Waals surface area contributed by atoms with Gasteiger partial charge in [-0.15, -0.1) is 0 Å². The lowest BCUT2D eigenvalue weighted by atomic mass is 9.77. The molecule has 0 radical (unpaired) electrons. The van der Waals surface area contributed by atoms with Gasteiger partial charge < -0.3 is 29.5 Å². The van der Waals surface area contributed by atoms with Crippen molar-refractivity contribution in [2.45, 2.75) is 49.6 Å². The van der Waals surface area contributed by atoms with Gasteiger partial charge in [-0.05, 0) is 43.2 Å². The SMILES string of the molecule is O=C(O)c1c(OC2CN(C(=O)[C@H]3CC[C@H](O)C3)C2)ccc2c1OB(O)[C@H]1C[C@@H]21. The molecule has 2 aliphatic heterocycles. The molecule has 0 spiro atoms. The average molecular weight is 387 g/mol. The van der Waals surface area contributed by atoms with Crippen molar-refractivity contribution in [1.29, 1.82) is 0 Å². The summed E-state index contributed by atoms with van der Waals surface area (Å²) in [7, 11) is -0.982. The van der Waals surface area contributed by atoms with Gasteiger partial charge in [-0.1, -0.05) is 6.07 Å². The number of carbonyl (C=O) groups is 2. The monoisotopic (exact) mass is 387 g/mol. The number of aliphatic hydroxyl groups excluding tert-OH is 1. The van der Waals surface area contributed by atoms with Gasteiger partial charge in [0.1, 0.15) is 23.2 Å². The normalized spacial score (nSPS) is 30.8. The summed E-state index contributed by atoms with van der Waals surface area (Å²) in [5, 5.41) is 29.3. The molecule has 1 aromatic carbocycles. The lowest BCUT2D eigenvalue weighted by Gasteiger charge is -2.40. The van der Waals surface area contributed by atoms with Crippen LogP contribution in [0.5, 0.6) is 11.5 Å². The molecule has 4 aliphatic rings. The molecular weight excluding hydrogens is 365 g/mol. The highest BCUT2D eigenvalue weighted by Crippen LogP contribution is 2.60. The Kier molecular flexibility index (Phi) is 4.06. The van der Waals surface area contributed by atoms with Crippen molar-refractivity contribution in [2.24, 2.45) is 5.92 Å². The molecule has 9 heteroatoms. The molecule has 8 nitrogen and oxygen atoms in total. The highest BCUT2D eigenvalue weighted by atomic mass is 16.5. The van der Waals surface area contributed by atoms with Crippen molar-refractivity contribution < 1.29 is 34.2 Å². The van der Waals surface area contributed by atoms with Crippen LogP contribution in [0.4, 0.5) is 0 Å². The summed E-state index contributed by atoms with van der Waals surface area (Å²) in [4.78, 5) is 26.0. The number of rotatable bonds is 4. The quantitative estimate of drug-likeness (QED) is 0.657. The maximum Gasteiger partial charge on any atom is 0.526 e. The number of carbonyl (C=O) groups excluding carboxylic acids is 1.